The molecule has 0 saturated carbocycles. The van der Waals surface area contributed by atoms with Crippen LogP contribution in [-0.2, 0) is 4.74 Å². The number of hydrogen-bond donors (Lipinski definition) is 3. The van der Waals surface area contributed by atoms with Gasteiger partial charge in [-0.05, 0) is 31.4 Å². The van der Waals surface area contributed by atoms with Gasteiger partial charge in [-0.15, -0.1) is 0 Å². The first-order valence-corrected chi connectivity index (χ1v) is 7.62. The van der Waals surface area contributed by atoms with E-state index < -0.39 is 5.97 Å². The van der Waals surface area contributed by atoms with E-state index in [-0.39, 0.29) is 5.96 Å². The zero-order valence-corrected chi connectivity index (χ0v) is 14.4. The molecule has 0 fully saturated rings. The summed E-state index contributed by atoms with van der Waals surface area (Å²) >= 11 is 0. The molecule has 8 nitrogen and oxygen atoms in total. The second-order valence-electron chi connectivity index (χ2n) is 4.99. The molecule has 0 heterocycles. The van der Waals surface area contributed by atoms with Crippen LogP contribution >= 0.6 is 0 Å². The van der Waals surface area contributed by atoms with Crippen LogP contribution in [0.3, 0.4) is 0 Å². The predicted octanol–water partition coefficient (Wildman–Crippen LogP) is -0.606. The van der Waals surface area contributed by atoms with E-state index in [1.165, 1.54) is 21.3 Å². The van der Waals surface area contributed by atoms with Gasteiger partial charge in [0.25, 0.3) is 0 Å². The summed E-state index contributed by atoms with van der Waals surface area (Å²) in [6.07, 6.45) is 2.53. The van der Waals surface area contributed by atoms with E-state index >= 15 is 0 Å². The lowest BCUT2D eigenvalue weighted by Gasteiger charge is -2.13. The minimum Gasteiger partial charge on any atom is -0.493 e. The summed E-state index contributed by atoms with van der Waals surface area (Å²) < 4.78 is 20.9. The van der Waals surface area contributed by atoms with Gasteiger partial charge in [0.15, 0.2) is 11.5 Å². The van der Waals surface area contributed by atoms with Gasteiger partial charge in [0.2, 0.25) is 5.75 Å². The van der Waals surface area contributed by atoms with Crippen LogP contribution in [0.5, 0.6) is 17.2 Å². The predicted molar refractivity (Wildman–Crippen MR) is 89.4 cm³/mol. The summed E-state index contributed by atoms with van der Waals surface area (Å²) in [4.78, 5) is 15.0. The minimum atomic E-state index is -0.438. The van der Waals surface area contributed by atoms with Gasteiger partial charge in [-0.2, -0.15) is 0 Å². The highest BCUT2D eigenvalue weighted by molar-refractivity contribution is 5.91. The first-order chi connectivity index (χ1) is 11.5. The number of ether oxygens (including phenoxy) is 4. The number of rotatable bonds is 10. The van der Waals surface area contributed by atoms with E-state index in [9.17, 15) is 4.79 Å². The molecular formula is C16H26N3O5+. The molecular weight excluding hydrogens is 314 g/mol. The topological polar surface area (TPSA) is 120 Å². The Morgan fingerprint density at radius 2 is 1.62 bits per heavy atom. The molecule has 0 saturated heterocycles. The summed E-state index contributed by atoms with van der Waals surface area (Å²) in [6, 6.07) is 3.13. The molecule has 1 aromatic rings. The van der Waals surface area contributed by atoms with Gasteiger partial charge >= 0.3 is 11.9 Å². The molecule has 0 atom stereocenters. The van der Waals surface area contributed by atoms with Crippen molar-refractivity contribution >= 4 is 11.9 Å². The maximum atomic E-state index is 12.1. The number of methoxy groups -OCH3 is 3. The van der Waals surface area contributed by atoms with Gasteiger partial charge < -0.3 is 18.9 Å². The number of guanidine groups is 1. The average molecular weight is 340 g/mol. The van der Waals surface area contributed by atoms with E-state index in [0.717, 1.165) is 19.3 Å². The summed E-state index contributed by atoms with van der Waals surface area (Å²) in [5.41, 5.74) is 10.9. The van der Waals surface area contributed by atoms with Crippen LogP contribution in [0.4, 0.5) is 0 Å². The zero-order chi connectivity index (χ0) is 17.9. The number of nitrogens with one attached hydrogen (secondary N) is 1. The molecule has 1 aromatic carbocycles. The molecule has 8 heteroatoms. The molecule has 134 valence electrons. The Bertz CT molecular complexity index is 546. The Morgan fingerprint density at radius 3 is 2.12 bits per heavy atom. The van der Waals surface area contributed by atoms with Crippen molar-refractivity contribution in [2.75, 3.05) is 34.5 Å². The van der Waals surface area contributed by atoms with Crippen LogP contribution in [0.1, 0.15) is 29.6 Å². The lowest BCUT2D eigenvalue weighted by atomic mass is 10.2. The highest BCUT2D eigenvalue weighted by Crippen LogP contribution is 2.38. The highest BCUT2D eigenvalue weighted by atomic mass is 16.5. The van der Waals surface area contributed by atoms with Crippen LogP contribution < -0.4 is 30.7 Å². The van der Waals surface area contributed by atoms with Gasteiger partial charge in [-0.1, -0.05) is 0 Å². The second kappa shape index (κ2) is 10.2. The number of unbranched alkanes of at least 4 members (excludes halogenated alkanes) is 2. The molecule has 0 aliphatic carbocycles. The third-order valence-electron chi connectivity index (χ3n) is 3.28. The van der Waals surface area contributed by atoms with Crippen molar-refractivity contribution < 1.29 is 28.7 Å². The molecule has 0 spiro atoms. The number of benzene rings is 1. The number of carbonyl (C=O) groups is 1. The fraction of sp³-hybridized carbons (Fsp3) is 0.500. The molecule has 0 aromatic heterocycles. The average Bonchev–Trinajstić information content (AvgIpc) is 2.58. The molecule has 0 aliphatic rings. The molecule has 0 aliphatic heterocycles. The third kappa shape index (κ3) is 5.86. The minimum absolute atomic E-state index is 0.212. The van der Waals surface area contributed by atoms with Crippen molar-refractivity contribution in [1.82, 2.24) is 0 Å². The molecule has 1 rings (SSSR count). The van der Waals surface area contributed by atoms with Crippen LogP contribution in [-0.4, -0.2) is 46.4 Å². The molecule has 0 bridgehead atoms. The number of carbonyl (C=O) groups excluding carboxylic acids is 1. The van der Waals surface area contributed by atoms with Crippen LogP contribution in [0, 0.1) is 0 Å². The maximum Gasteiger partial charge on any atom is 0.338 e. The number of esters is 1. The first kappa shape index (κ1) is 19.4. The molecule has 0 radical (unpaired) electrons. The molecule has 24 heavy (non-hydrogen) atoms. The summed E-state index contributed by atoms with van der Waals surface area (Å²) in [5, 5.41) is 0. The van der Waals surface area contributed by atoms with Gasteiger partial charge in [0.1, 0.15) is 0 Å². The van der Waals surface area contributed by atoms with E-state index in [1.54, 1.807) is 12.1 Å². The Kier molecular flexibility index (Phi) is 8.24. The molecule has 0 unspecified atom stereocenters. The van der Waals surface area contributed by atoms with Crippen molar-refractivity contribution in [3.8, 4) is 17.2 Å². The number of nitrogens with two attached hydrogens (primary N) is 2. The normalized spacial score (nSPS) is 9.96. The SMILES string of the molecule is COc1cc(C(=O)OCCCCC[NH+]=C(N)N)cc(OC)c1OC. The Hall–Kier alpha value is -2.64. The van der Waals surface area contributed by atoms with Crippen molar-refractivity contribution in [1.29, 1.82) is 0 Å². The Labute approximate surface area is 141 Å². The second-order valence-corrected chi connectivity index (χ2v) is 4.99. The third-order valence-corrected chi connectivity index (χ3v) is 3.28. The molecule has 0 amide bonds. The largest absolute Gasteiger partial charge is 0.493 e. The standard InChI is InChI=1S/C16H25N3O5/c1-21-12-9-11(10-13(22-2)14(12)23-3)15(20)24-8-6-4-5-7-19-16(17)18/h9-10H,4-8H2,1-3H3,(H4,17,18,19)/p+1. The van der Waals surface area contributed by atoms with Crippen LogP contribution in [0.15, 0.2) is 12.1 Å². The van der Waals surface area contributed by atoms with Crippen LogP contribution in [0.25, 0.3) is 0 Å². The lowest BCUT2D eigenvalue weighted by molar-refractivity contribution is -0.459. The van der Waals surface area contributed by atoms with E-state index in [2.05, 4.69) is 4.99 Å². The lowest BCUT2D eigenvalue weighted by Crippen LogP contribution is -2.78. The monoisotopic (exact) mass is 340 g/mol. The number of hydrogen-bond acceptors (Lipinski definition) is 5. The highest BCUT2D eigenvalue weighted by Gasteiger charge is 2.17. The summed E-state index contributed by atoms with van der Waals surface area (Å²) in [6.45, 7) is 1.03. The van der Waals surface area contributed by atoms with Gasteiger partial charge in [0.05, 0.1) is 40.0 Å². The molecule has 5 N–H and O–H groups in total. The summed E-state index contributed by atoms with van der Waals surface area (Å²) in [7, 11) is 4.49. The van der Waals surface area contributed by atoms with Crippen molar-refractivity contribution in [2.45, 2.75) is 19.3 Å². The van der Waals surface area contributed by atoms with Gasteiger partial charge in [-0.3, -0.25) is 16.5 Å². The van der Waals surface area contributed by atoms with E-state index in [0.29, 0.717) is 36.0 Å². The summed E-state index contributed by atoms with van der Waals surface area (Å²) in [5.74, 6) is 1.02. The fourth-order valence-corrected chi connectivity index (χ4v) is 2.08. The zero-order valence-electron chi connectivity index (χ0n) is 14.4. The van der Waals surface area contributed by atoms with E-state index in [1.807, 2.05) is 0 Å². The van der Waals surface area contributed by atoms with Crippen molar-refractivity contribution in [3.63, 3.8) is 0 Å². The van der Waals surface area contributed by atoms with Gasteiger partial charge in [-0.25, -0.2) is 4.79 Å². The first-order valence-electron chi connectivity index (χ1n) is 7.62. The van der Waals surface area contributed by atoms with Crippen molar-refractivity contribution in [2.24, 2.45) is 11.5 Å². The quantitative estimate of drug-likeness (QED) is 0.225. The smallest absolute Gasteiger partial charge is 0.338 e. The van der Waals surface area contributed by atoms with Crippen molar-refractivity contribution in [3.05, 3.63) is 17.7 Å². The maximum absolute atomic E-state index is 12.1. The van der Waals surface area contributed by atoms with E-state index in [4.69, 9.17) is 30.4 Å². The Morgan fingerprint density at radius 1 is 1.00 bits per heavy atom. The van der Waals surface area contributed by atoms with Crippen LogP contribution in [0.2, 0.25) is 0 Å². The van der Waals surface area contributed by atoms with Gasteiger partial charge in [0, 0.05) is 0 Å². The fourth-order valence-electron chi connectivity index (χ4n) is 2.08. The Balaban J connectivity index is 2.54.